The van der Waals surface area contributed by atoms with E-state index in [2.05, 4.69) is 37.0 Å². The van der Waals surface area contributed by atoms with E-state index in [1.165, 1.54) is 11.1 Å². The second-order valence-electron chi connectivity index (χ2n) is 9.56. The fourth-order valence-electron chi connectivity index (χ4n) is 4.88. The molecule has 1 aromatic heterocycles. The Labute approximate surface area is 259 Å². The minimum atomic E-state index is -0.213. The summed E-state index contributed by atoms with van der Waals surface area (Å²) in [4.78, 5) is 18.6. The molecule has 3 aromatic carbocycles. The Kier molecular flexibility index (Phi) is 9.51. The number of ether oxygens (including phenoxy) is 2. The zero-order chi connectivity index (χ0) is 28.2. The summed E-state index contributed by atoms with van der Waals surface area (Å²) in [6, 6.07) is 14.8. The SMILES string of the molecule is CCOc1cc(C=Nn2c(C3CCCCC3)nc3ccc(Br)cc3c2=O)c(Br)c(Cl)c1OCc1ccccc1Cl. The molecule has 0 aliphatic heterocycles. The van der Waals surface area contributed by atoms with Crippen LogP contribution < -0.4 is 15.0 Å². The number of benzene rings is 3. The summed E-state index contributed by atoms with van der Waals surface area (Å²) in [5.41, 5.74) is 1.92. The third-order valence-corrected chi connectivity index (χ3v) is 9.21. The third-order valence-electron chi connectivity index (χ3n) is 6.90. The lowest BCUT2D eigenvalue weighted by Gasteiger charge is -2.23. The molecule has 0 N–H and O–H groups in total. The van der Waals surface area contributed by atoms with Crippen molar-refractivity contribution in [1.29, 1.82) is 0 Å². The van der Waals surface area contributed by atoms with E-state index >= 15 is 0 Å². The van der Waals surface area contributed by atoms with Crippen molar-refractivity contribution >= 4 is 72.2 Å². The summed E-state index contributed by atoms with van der Waals surface area (Å²) in [6.07, 6.45) is 6.97. The van der Waals surface area contributed by atoms with Gasteiger partial charge in [-0.3, -0.25) is 4.79 Å². The highest BCUT2D eigenvalue weighted by atomic mass is 79.9. The van der Waals surface area contributed by atoms with Crippen LogP contribution in [0.3, 0.4) is 0 Å². The Bertz CT molecular complexity index is 1640. The lowest BCUT2D eigenvalue weighted by atomic mass is 9.88. The van der Waals surface area contributed by atoms with E-state index < -0.39 is 0 Å². The molecule has 5 rings (SSSR count). The van der Waals surface area contributed by atoms with Gasteiger partial charge in [0.2, 0.25) is 0 Å². The maximum atomic E-state index is 13.7. The number of hydrogen-bond acceptors (Lipinski definition) is 5. The standard InChI is InChI=1S/C30H27Br2Cl2N3O3/c1-2-39-25-14-20(26(32)27(34)28(25)40-17-19-10-6-7-11-23(19)33)16-35-37-29(18-8-4-3-5-9-18)36-24-13-12-21(31)15-22(24)30(37)38/h6-7,10-16,18H,2-5,8-9,17H2,1H3. The summed E-state index contributed by atoms with van der Waals surface area (Å²) in [7, 11) is 0. The molecule has 1 aliphatic carbocycles. The van der Waals surface area contributed by atoms with Gasteiger partial charge in [0.15, 0.2) is 11.5 Å². The van der Waals surface area contributed by atoms with Gasteiger partial charge in [0.25, 0.3) is 5.56 Å². The first-order chi connectivity index (χ1) is 19.4. The first kappa shape index (κ1) is 29.1. The molecular weight excluding hydrogens is 681 g/mol. The van der Waals surface area contributed by atoms with Crippen molar-refractivity contribution in [3.63, 3.8) is 0 Å². The molecule has 0 amide bonds. The van der Waals surface area contributed by atoms with Crippen molar-refractivity contribution in [2.75, 3.05) is 6.61 Å². The smallest absolute Gasteiger partial charge is 0.282 e. The van der Waals surface area contributed by atoms with E-state index in [9.17, 15) is 4.79 Å². The quantitative estimate of drug-likeness (QED) is 0.171. The van der Waals surface area contributed by atoms with E-state index in [1.54, 1.807) is 18.3 Å². The summed E-state index contributed by atoms with van der Waals surface area (Å²) in [6.45, 7) is 2.51. The first-order valence-electron chi connectivity index (χ1n) is 13.1. The predicted octanol–water partition coefficient (Wildman–Crippen LogP) is 9.14. The average molecular weight is 708 g/mol. The summed E-state index contributed by atoms with van der Waals surface area (Å²) < 4.78 is 14.8. The lowest BCUT2D eigenvalue weighted by molar-refractivity contribution is 0.269. The topological polar surface area (TPSA) is 65.7 Å². The van der Waals surface area contributed by atoms with Crippen LogP contribution in [-0.2, 0) is 6.61 Å². The zero-order valence-corrected chi connectivity index (χ0v) is 26.5. The molecule has 0 spiro atoms. The van der Waals surface area contributed by atoms with Crippen molar-refractivity contribution in [2.45, 2.75) is 51.6 Å². The maximum absolute atomic E-state index is 13.7. The van der Waals surface area contributed by atoms with Crippen LogP contribution in [0.5, 0.6) is 11.5 Å². The van der Waals surface area contributed by atoms with Gasteiger partial charge in [0.1, 0.15) is 17.5 Å². The van der Waals surface area contributed by atoms with Crippen LogP contribution in [0.25, 0.3) is 10.9 Å². The van der Waals surface area contributed by atoms with Crippen LogP contribution in [-0.4, -0.2) is 22.5 Å². The Balaban J connectivity index is 1.55. The van der Waals surface area contributed by atoms with E-state index in [4.69, 9.17) is 37.7 Å². The van der Waals surface area contributed by atoms with Crippen molar-refractivity contribution in [2.24, 2.45) is 5.10 Å². The molecule has 0 radical (unpaired) electrons. The molecule has 40 heavy (non-hydrogen) atoms. The van der Waals surface area contributed by atoms with Gasteiger partial charge in [0.05, 0.1) is 23.7 Å². The van der Waals surface area contributed by atoms with Gasteiger partial charge in [-0.1, -0.05) is 76.6 Å². The maximum Gasteiger partial charge on any atom is 0.282 e. The normalized spacial score (nSPS) is 14.2. The number of nitrogens with zero attached hydrogens (tertiary/aromatic N) is 3. The predicted molar refractivity (Wildman–Crippen MR) is 169 cm³/mol. The van der Waals surface area contributed by atoms with Gasteiger partial charge < -0.3 is 9.47 Å². The molecule has 208 valence electrons. The second kappa shape index (κ2) is 13.1. The highest BCUT2D eigenvalue weighted by molar-refractivity contribution is 9.10. The Hall–Kier alpha value is -2.39. The molecule has 0 atom stereocenters. The largest absolute Gasteiger partial charge is 0.490 e. The summed E-state index contributed by atoms with van der Waals surface area (Å²) in [5, 5.41) is 6.11. The van der Waals surface area contributed by atoms with Gasteiger partial charge in [-0.15, -0.1) is 0 Å². The fourth-order valence-corrected chi connectivity index (χ4v) is 6.09. The van der Waals surface area contributed by atoms with Crippen LogP contribution in [0, 0.1) is 0 Å². The molecule has 1 fully saturated rings. The molecule has 6 nitrogen and oxygen atoms in total. The molecule has 0 bridgehead atoms. The minimum Gasteiger partial charge on any atom is -0.490 e. The van der Waals surface area contributed by atoms with Crippen molar-refractivity contribution in [3.05, 3.63) is 94.8 Å². The van der Waals surface area contributed by atoms with Gasteiger partial charge in [-0.05, 0) is 66.0 Å². The van der Waals surface area contributed by atoms with Gasteiger partial charge >= 0.3 is 0 Å². The zero-order valence-electron chi connectivity index (χ0n) is 21.8. The van der Waals surface area contributed by atoms with E-state index in [-0.39, 0.29) is 18.1 Å². The number of halogens is 4. The number of aromatic nitrogens is 2. The van der Waals surface area contributed by atoms with Crippen LogP contribution in [0.15, 0.2) is 67.4 Å². The van der Waals surface area contributed by atoms with Gasteiger partial charge in [0, 0.05) is 31.0 Å². The second-order valence-corrected chi connectivity index (χ2v) is 12.1. The molecule has 1 aliphatic rings. The van der Waals surface area contributed by atoms with Crippen LogP contribution in [0.2, 0.25) is 10.0 Å². The number of rotatable bonds is 8. The highest BCUT2D eigenvalue weighted by Gasteiger charge is 2.23. The molecule has 10 heteroatoms. The van der Waals surface area contributed by atoms with Crippen LogP contribution in [0.4, 0.5) is 0 Å². The Morgan fingerprint density at radius 1 is 1.07 bits per heavy atom. The van der Waals surface area contributed by atoms with Crippen molar-refractivity contribution in [3.8, 4) is 11.5 Å². The first-order valence-corrected chi connectivity index (χ1v) is 15.5. The van der Waals surface area contributed by atoms with Crippen LogP contribution in [0.1, 0.15) is 61.9 Å². The number of fused-ring (bicyclic) bond motifs is 1. The van der Waals surface area contributed by atoms with E-state index in [1.807, 2.05) is 43.3 Å². The van der Waals surface area contributed by atoms with E-state index in [0.29, 0.717) is 54.9 Å². The monoisotopic (exact) mass is 705 g/mol. The van der Waals surface area contributed by atoms with Gasteiger partial charge in [-0.25, -0.2) is 4.98 Å². The molecule has 1 heterocycles. The Morgan fingerprint density at radius 3 is 2.60 bits per heavy atom. The molecule has 4 aromatic rings. The summed E-state index contributed by atoms with van der Waals surface area (Å²) >= 11 is 20.2. The van der Waals surface area contributed by atoms with Gasteiger partial charge in [-0.2, -0.15) is 9.78 Å². The van der Waals surface area contributed by atoms with E-state index in [0.717, 1.165) is 35.7 Å². The average Bonchev–Trinajstić information content (AvgIpc) is 2.96. The number of hydrogen-bond donors (Lipinski definition) is 0. The molecule has 1 saturated carbocycles. The summed E-state index contributed by atoms with van der Waals surface area (Å²) in [5.74, 6) is 1.70. The van der Waals surface area contributed by atoms with Crippen molar-refractivity contribution in [1.82, 2.24) is 9.66 Å². The van der Waals surface area contributed by atoms with Crippen molar-refractivity contribution < 1.29 is 9.47 Å². The molecular formula is C30H27Br2Cl2N3O3. The Morgan fingerprint density at radius 2 is 1.85 bits per heavy atom. The third kappa shape index (κ3) is 6.25. The molecule has 0 unspecified atom stereocenters. The lowest BCUT2D eigenvalue weighted by Crippen LogP contribution is -2.25. The van der Waals surface area contributed by atoms with Crippen LogP contribution >= 0.6 is 55.1 Å². The fraction of sp³-hybridized carbons (Fsp3) is 0.300. The highest BCUT2D eigenvalue weighted by Crippen LogP contribution is 2.43. The molecule has 0 saturated heterocycles. The minimum absolute atomic E-state index is 0.165.